The van der Waals surface area contributed by atoms with E-state index in [2.05, 4.69) is 51.4 Å². The number of nitrogens with one attached hydrogen (secondary N) is 1. The SMILES string of the molecule is CCc1ccc(-c2nc(SCc3ccccn3)n[nH]2)cc1. The fourth-order valence-electron chi connectivity index (χ4n) is 1.96. The molecule has 1 aromatic carbocycles. The summed E-state index contributed by atoms with van der Waals surface area (Å²) >= 11 is 1.58. The molecular formula is C16H16N4S. The number of hydrogen-bond acceptors (Lipinski definition) is 4. The summed E-state index contributed by atoms with van der Waals surface area (Å²) < 4.78 is 0. The number of aryl methyl sites for hydroxylation is 1. The van der Waals surface area contributed by atoms with Crippen molar-refractivity contribution in [3.63, 3.8) is 0 Å². The van der Waals surface area contributed by atoms with Crippen LogP contribution in [0.2, 0.25) is 0 Å². The standard InChI is InChI=1S/C16H16N4S/c1-2-12-6-8-13(9-7-12)15-18-16(20-19-15)21-11-14-5-3-4-10-17-14/h3-10H,2,11H2,1H3,(H,18,19,20). The maximum atomic E-state index is 4.52. The molecule has 0 unspecified atom stereocenters. The van der Waals surface area contributed by atoms with E-state index in [0.717, 1.165) is 34.4 Å². The Morgan fingerprint density at radius 3 is 2.67 bits per heavy atom. The summed E-state index contributed by atoms with van der Waals surface area (Å²) in [6.45, 7) is 2.15. The second-order valence-corrected chi connectivity index (χ2v) is 5.57. The Balaban J connectivity index is 1.68. The molecule has 3 aromatic rings. The van der Waals surface area contributed by atoms with Crippen LogP contribution in [0, 0.1) is 0 Å². The number of H-pyrrole nitrogens is 1. The van der Waals surface area contributed by atoms with Gasteiger partial charge in [0, 0.05) is 17.5 Å². The minimum atomic E-state index is 0.746. The molecule has 2 heterocycles. The molecule has 0 spiro atoms. The molecular weight excluding hydrogens is 280 g/mol. The van der Waals surface area contributed by atoms with Gasteiger partial charge in [-0.05, 0) is 24.1 Å². The smallest absolute Gasteiger partial charge is 0.209 e. The molecule has 5 heteroatoms. The molecule has 0 fully saturated rings. The Bertz CT molecular complexity index is 692. The van der Waals surface area contributed by atoms with Gasteiger partial charge in [-0.15, -0.1) is 5.10 Å². The average molecular weight is 296 g/mol. The van der Waals surface area contributed by atoms with E-state index in [1.807, 2.05) is 18.2 Å². The van der Waals surface area contributed by atoms with E-state index in [1.165, 1.54) is 5.56 Å². The Morgan fingerprint density at radius 2 is 1.95 bits per heavy atom. The summed E-state index contributed by atoms with van der Waals surface area (Å²) in [6.07, 6.45) is 2.84. The summed E-state index contributed by atoms with van der Waals surface area (Å²) in [5.74, 6) is 1.58. The highest BCUT2D eigenvalue weighted by Gasteiger charge is 2.06. The molecule has 0 radical (unpaired) electrons. The average Bonchev–Trinajstić information content (AvgIpc) is 3.03. The van der Waals surface area contributed by atoms with Crippen LogP contribution in [0.5, 0.6) is 0 Å². The molecule has 21 heavy (non-hydrogen) atoms. The van der Waals surface area contributed by atoms with Crippen LogP contribution < -0.4 is 0 Å². The minimum Gasteiger partial charge on any atom is -0.260 e. The predicted octanol–water partition coefficient (Wildman–Crippen LogP) is 3.72. The molecule has 1 N–H and O–H groups in total. The van der Waals surface area contributed by atoms with Gasteiger partial charge in [0.05, 0.1) is 5.69 Å². The predicted molar refractivity (Wildman–Crippen MR) is 85.0 cm³/mol. The van der Waals surface area contributed by atoms with Crippen molar-refractivity contribution in [2.24, 2.45) is 0 Å². The van der Waals surface area contributed by atoms with Crippen molar-refractivity contribution < 1.29 is 0 Å². The zero-order valence-electron chi connectivity index (χ0n) is 11.8. The number of nitrogens with zero attached hydrogens (tertiary/aromatic N) is 3. The second-order valence-electron chi connectivity index (χ2n) is 4.63. The zero-order valence-corrected chi connectivity index (χ0v) is 12.6. The fraction of sp³-hybridized carbons (Fsp3) is 0.188. The van der Waals surface area contributed by atoms with Crippen molar-refractivity contribution in [2.75, 3.05) is 0 Å². The van der Waals surface area contributed by atoms with Crippen LogP contribution >= 0.6 is 11.8 Å². The van der Waals surface area contributed by atoms with Crippen LogP contribution in [0.1, 0.15) is 18.2 Å². The molecule has 0 atom stereocenters. The first-order chi connectivity index (χ1) is 10.3. The van der Waals surface area contributed by atoms with Crippen LogP contribution in [-0.2, 0) is 12.2 Å². The molecule has 0 aliphatic rings. The largest absolute Gasteiger partial charge is 0.260 e. The van der Waals surface area contributed by atoms with Gasteiger partial charge >= 0.3 is 0 Å². The van der Waals surface area contributed by atoms with Gasteiger partial charge in [0.25, 0.3) is 0 Å². The van der Waals surface area contributed by atoms with Crippen LogP contribution in [0.25, 0.3) is 11.4 Å². The third kappa shape index (κ3) is 3.49. The molecule has 0 aliphatic carbocycles. The number of aromatic amines is 1. The summed E-state index contributed by atoms with van der Waals surface area (Å²) in [7, 11) is 0. The lowest BCUT2D eigenvalue weighted by Crippen LogP contribution is -1.85. The Morgan fingerprint density at radius 1 is 1.10 bits per heavy atom. The van der Waals surface area contributed by atoms with Crippen molar-refractivity contribution in [2.45, 2.75) is 24.3 Å². The van der Waals surface area contributed by atoms with Crippen LogP contribution in [0.3, 0.4) is 0 Å². The molecule has 0 amide bonds. The summed E-state index contributed by atoms with van der Waals surface area (Å²) in [5, 5.41) is 7.99. The summed E-state index contributed by atoms with van der Waals surface area (Å²) in [4.78, 5) is 8.81. The van der Waals surface area contributed by atoms with Gasteiger partial charge in [0.1, 0.15) is 0 Å². The van der Waals surface area contributed by atoms with Crippen molar-refractivity contribution in [3.8, 4) is 11.4 Å². The Labute approximate surface area is 128 Å². The van der Waals surface area contributed by atoms with Gasteiger partial charge in [0.2, 0.25) is 5.16 Å². The summed E-state index contributed by atoms with van der Waals surface area (Å²) in [6, 6.07) is 14.3. The number of rotatable bonds is 5. The molecule has 106 valence electrons. The normalized spacial score (nSPS) is 10.7. The van der Waals surface area contributed by atoms with Crippen LogP contribution in [0.4, 0.5) is 0 Å². The minimum absolute atomic E-state index is 0.746. The van der Waals surface area contributed by atoms with Gasteiger partial charge in [-0.1, -0.05) is 49.0 Å². The molecule has 4 nitrogen and oxygen atoms in total. The lowest BCUT2D eigenvalue weighted by Gasteiger charge is -1.98. The van der Waals surface area contributed by atoms with E-state index < -0.39 is 0 Å². The number of thioether (sulfide) groups is 1. The van der Waals surface area contributed by atoms with Crippen LogP contribution in [-0.4, -0.2) is 20.2 Å². The highest BCUT2D eigenvalue weighted by molar-refractivity contribution is 7.98. The van der Waals surface area contributed by atoms with Gasteiger partial charge in [0.15, 0.2) is 5.82 Å². The van der Waals surface area contributed by atoms with Crippen molar-refractivity contribution in [1.29, 1.82) is 0 Å². The monoisotopic (exact) mass is 296 g/mol. The van der Waals surface area contributed by atoms with Gasteiger partial charge < -0.3 is 0 Å². The molecule has 0 saturated heterocycles. The van der Waals surface area contributed by atoms with Gasteiger partial charge in [-0.3, -0.25) is 10.1 Å². The van der Waals surface area contributed by atoms with E-state index in [0.29, 0.717) is 0 Å². The first-order valence-corrected chi connectivity index (χ1v) is 7.88. The molecule has 0 bridgehead atoms. The highest BCUT2D eigenvalue weighted by Crippen LogP contribution is 2.21. The van der Waals surface area contributed by atoms with Crippen molar-refractivity contribution in [1.82, 2.24) is 20.2 Å². The lowest BCUT2D eigenvalue weighted by atomic mass is 10.1. The zero-order chi connectivity index (χ0) is 14.5. The highest BCUT2D eigenvalue weighted by atomic mass is 32.2. The maximum absolute atomic E-state index is 4.52. The number of hydrogen-bond donors (Lipinski definition) is 1. The number of pyridine rings is 1. The lowest BCUT2D eigenvalue weighted by molar-refractivity contribution is 0.971. The number of aromatic nitrogens is 4. The summed E-state index contributed by atoms with van der Waals surface area (Å²) in [5.41, 5.74) is 3.41. The van der Waals surface area contributed by atoms with E-state index in [1.54, 1.807) is 18.0 Å². The Hall–Kier alpha value is -2.14. The third-order valence-electron chi connectivity index (χ3n) is 3.18. The molecule has 3 rings (SSSR count). The second kappa shape index (κ2) is 6.54. The molecule has 0 aliphatic heterocycles. The third-order valence-corrected chi connectivity index (χ3v) is 4.06. The first kappa shape index (κ1) is 13.8. The molecule has 2 aromatic heterocycles. The van der Waals surface area contributed by atoms with E-state index >= 15 is 0 Å². The van der Waals surface area contributed by atoms with E-state index in [9.17, 15) is 0 Å². The van der Waals surface area contributed by atoms with Crippen molar-refractivity contribution >= 4 is 11.8 Å². The number of benzene rings is 1. The van der Waals surface area contributed by atoms with E-state index in [-0.39, 0.29) is 0 Å². The van der Waals surface area contributed by atoms with Crippen molar-refractivity contribution in [3.05, 3.63) is 59.9 Å². The topological polar surface area (TPSA) is 54.5 Å². The van der Waals surface area contributed by atoms with Gasteiger partial charge in [-0.2, -0.15) is 0 Å². The first-order valence-electron chi connectivity index (χ1n) is 6.89. The molecule has 0 saturated carbocycles. The van der Waals surface area contributed by atoms with E-state index in [4.69, 9.17) is 0 Å². The van der Waals surface area contributed by atoms with Crippen LogP contribution in [0.15, 0.2) is 53.8 Å². The fourth-order valence-corrected chi connectivity index (χ4v) is 2.67. The van der Waals surface area contributed by atoms with Gasteiger partial charge in [-0.25, -0.2) is 4.98 Å². The Kier molecular flexibility index (Phi) is 4.31. The maximum Gasteiger partial charge on any atom is 0.209 e. The quantitative estimate of drug-likeness (QED) is 0.729.